The van der Waals surface area contributed by atoms with Crippen molar-refractivity contribution in [2.75, 3.05) is 24.1 Å². The molecule has 1 aromatic heterocycles. The number of benzene rings is 1. The average molecular weight is 275 g/mol. The van der Waals surface area contributed by atoms with E-state index in [9.17, 15) is 4.79 Å². The number of nitrogens with zero attached hydrogens (tertiary/aromatic N) is 2. The van der Waals surface area contributed by atoms with E-state index in [0.29, 0.717) is 24.7 Å². The third kappa shape index (κ3) is 2.84. The van der Waals surface area contributed by atoms with Gasteiger partial charge in [-0.3, -0.25) is 4.79 Å². The van der Waals surface area contributed by atoms with Gasteiger partial charge in [0.05, 0.1) is 11.0 Å². The van der Waals surface area contributed by atoms with Crippen molar-refractivity contribution in [2.24, 2.45) is 0 Å². The predicted octanol–water partition coefficient (Wildman–Crippen LogP) is 1.81. The molecular formula is C14H21N5O. The summed E-state index contributed by atoms with van der Waals surface area (Å²) < 4.78 is 0. The van der Waals surface area contributed by atoms with Crippen LogP contribution in [0.1, 0.15) is 20.8 Å². The van der Waals surface area contributed by atoms with Crippen LogP contribution in [0.15, 0.2) is 18.2 Å². The topological polar surface area (TPSA) is 87.0 Å². The zero-order chi connectivity index (χ0) is 14.7. The minimum absolute atomic E-state index is 0.0648. The molecule has 0 spiro atoms. The van der Waals surface area contributed by atoms with Crippen LogP contribution in [-0.4, -0.2) is 39.9 Å². The summed E-state index contributed by atoms with van der Waals surface area (Å²) in [6.45, 7) is 7.19. The van der Waals surface area contributed by atoms with E-state index < -0.39 is 0 Å². The Morgan fingerprint density at radius 3 is 2.80 bits per heavy atom. The van der Waals surface area contributed by atoms with Gasteiger partial charge in [0.2, 0.25) is 11.9 Å². The molecule has 2 rings (SSSR count). The summed E-state index contributed by atoms with van der Waals surface area (Å²) in [4.78, 5) is 21.5. The molecule has 6 nitrogen and oxygen atoms in total. The molecule has 1 heterocycles. The summed E-state index contributed by atoms with van der Waals surface area (Å²) in [5, 5.41) is 3.10. The predicted molar refractivity (Wildman–Crippen MR) is 81.5 cm³/mol. The number of nitrogens with two attached hydrogens (primary N) is 1. The van der Waals surface area contributed by atoms with Crippen molar-refractivity contribution in [1.29, 1.82) is 0 Å². The number of imidazole rings is 1. The van der Waals surface area contributed by atoms with Crippen LogP contribution in [0.5, 0.6) is 0 Å². The van der Waals surface area contributed by atoms with Crippen molar-refractivity contribution >= 4 is 28.6 Å². The van der Waals surface area contributed by atoms with E-state index in [1.807, 2.05) is 32.9 Å². The molecule has 4 N–H and O–H groups in total. The number of carbonyl (C=O) groups is 1. The average Bonchev–Trinajstić information content (AvgIpc) is 2.81. The normalized spacial score (nSPS) is 12.3. The first-order valence-electron chi connectivity index (χ1n) is 6.85. The van der Waals surface area contributed by atoms with Crippen LogP contribution >= 0.6 is 0 Å². The number of hydrogen-bond acceptors (Lipinski definition) is 4. The van der Waals surface area contributed by atoms with Gasteiger partial charge in [0.1, 0.15) is 6.04 Å². The largest absolute Gasteiger partial charge is 0.399 e. The third-order valence-electron chi connectivity index (χ3n) is 3.30. The molecule has 1 unspecified atom stereocenters. The molecule has 0 saturated heterocycles. The van der Waals surface area contributed by atoms with Gasteiger partial charge in [-0.1, -0.05) is 0 Å². The van der Waals surface area contributed by atoms with Gasteiger partial charge in [-0.25, -0.2) is 4.98 Å². The number of aromatic nitrogens is 2. The summed E-state index contributed by atoms with van der Waals surface area (Å²) in [5.74, 6) is 0.647. The number of fused-ring (bicyclic) bond motifs is 1. The van der Waals surface area contributed by atoms with Crippen molar-refractivity contribution in [3.05, 3.63) is 18.2 Å². The third-order valence-corrected chi connectivity index (χ3v) is 3.30. The number of rotatable bonds is 5. The van der Waals surface area contributed by atoms with E-state index in [2.05, 4.69) is 15.3 Å². The molecule has 6 heteroatoms. The van der Waals surface area contributed by atoms with Crippen molar-refractivity contribution in [1.82, 2.24) is 14.9 Å². The number of amides is 1. The van der Waals surface area contributed by atoms with Crippen LogP contribution in [0.25, 0.3) is 11.0 Å². The number of aromatic amines is 1. The molecule has 1 amide bonds. The maximum atomic E-state index is 12.2. The maximum absolute atomic E-state index is 12.2. The van der Waals surface area contributed by atoms with Crippen molar-refractivity contribution in [3.63, 3.8) is 0 Å². The van der Waals surface area contributed by atoms with E-state index >= 15 is 0 Å². The molecule has 20 heavy (non-hydrogen) atoms. The highest BCUT2D eigenvalue weighted by Crippen LogP contribution is 2.17. The Morgan fingerprint density at radius 1 is 1.45 bits per heavy atom. The van der Waals surface area contributed by atoms with Crippen LogP contribution in [0, 0.1) is 0 Å². The van der Waals surface area contributed by atoms with Gasteiger partial charge in [0, 0.05) is 18.8 Å². The number of hydrogen-bond donors (Lipinski definition) is 3. The quantitative estimate of drug-likeness (QED) is 0.726. The Hall–Kier alpha value is -2.24. The zero-order valence-corrected chi connectivity index (χ0v) is 12.1. The Balaban J connectivity index is 2.13. The smallest absolute Gasteiger partial charge is 0.244 e. The molecule has 108 valence electrons. The van der Waals surface area contributed by atoms with Crippen LogP contribution < -0.4 is 11.1 Å². The van der Waals surface area contributed by atoms with Gasteiger partial charge < -0.3 is 20.9 Å². The molecule has 0 radical (unpaired) electrons. The van der Waals surface area contributed by atoms with Crippen LogP contribution in [-0.2, 0) is 4.79 Å². The number of nitrogens with one attached hydrogen (secondary N) is 2. The minimum atomic E-state index is -0.326. The fourth-order valence-corrected chi connectivity index (χ4v) is 2.17. The lowest BCUT2D eigenvalue weighted by atomic mass is 10.3. The van der Waals surface area contributed by atoms with Gasteiger partial charge in [0.25, 0.3) is 0 Å². The Kier molecular flexibility index (Phi) is 4.12. The summed E-state index contributed by atoms with van der Waals surface area (Å²) in [6.07, 6.45) is 0. The first-order valence-corrected chi connectivity index (χ1v) is 6.85. The molecule has 0 aliphatic heterocycles. The molecule has 2 aromatic rings. The molecule has 0 aliphatic carbocycles. The molecule has 1 atom stereocenters. The van der Waals surface area contributed by atoms with E-state index in [0.717, 1.165) is 11.0 Å². The van der Waals surface area contributed by atoms with Gasteiger partial charge in [0.15, 0.2) is 0 Å². The lowest BCUT2D eigenvalue weighted by molar-refractivity contribution is -0.131. The second-order valence-electron chi connectivity index (χ2n) is 4.74. The van der Waals surface area contributed by atoms with Crippen LogP contribution in [0.3, 0.4) is 0 Å². The van der Waals surface area contributed by atoms with Crippen molar-refractivity contribution in [3.8, 4) is 0 Å². The van der Waals surface area contributed by atoms with Crippen molar-refractivity contribution in [2.45, 2.75) is 26.8 Å². The number of H-pyrrole nitrogens is 1. The fourth-order valence-electron chi connectivity index (χ4n) is 2.17. The van der Waals surface area contributed by atoms with E-state index in [1.165, 1.54) is 0 Å². The highest BCUT2D eigenvalue weighted by atomic mass is 16.2. The van der Waals surface area contributed by atoms with E-state index in [1.54, 1.807) is 11.0 Å². The van der Waals surface area contributed by atoms with Gasteiger partial charge in [-0.05, 0) is 39.0 Å². The second kappa shape index (κ2) is 5.81. The number of anilines is 2. The monoisotopic (exact) mass is 275 g/mol. The SMILES string of the molecule is CCN(CC)C(=O)C(C)Nc1nc2ccc(N)cc2[nH]1. The molecule has 0 bridgehead atoms. The minimum Gasteiger partial charge on any atom is -0.399 e. The highest BCUT2D eigenvalue weighted by Gasteiger charge is 2.18. The standard InChI is InChI=1S/C14H21N5O/c1-4-19(5-2)13(20)9(3)16-14-17-11-7-6-10(15)8-12(11)18-14/h6-9H,4-5,15H2,1-3H3,(H2,16,17,18). The first-order chi connectivity index (χ1) is 9.55. The van der Waals surface area contributed by atoms with E-state index in [4.69, 9.17) is 5.73 Å². The molecule has 0 aliphatic rings. The Bertz CT molecular complexity index is 603. The maximum Gasteiger partial charge on any atom is 0.244 e. The Morgan fingerprint density at radius 2 is 2.15 bits per heavy atom. The summed E-state index contributed by atoms with van der Waals surface area (Å²) in [7, 11) is 0. The number of likely N-dealkylation sites (N-methyl/N-ethyl adjacent to an activating group) is 1. The zero-order valence-electron chi connectivity index (χ0n) is 12.1. The van der Waals surface area contributed by atoms with Crippen LogP contribution in [0.4, 0.5) is 11.6 Å². The van der Waals surface area contributed by atoms with Crippen molar-refractivity contribution < 1.29 is 4.79 Å². The van der Waals surface area contributed by atoms with Gasteiger partial charge >= 0.3 is 0 Å². The fraction of sp³-hybridized carbons (Fsp3) is 0.429. The summed E-state index contributed by atoms with van der Waals surface area (Å²) in [6, 6.07) is 5.15. The number of carbonyl (C=O) groups excluding carboxylic acids is 1. The number of nitrogen functional groups attached to an aromatic ring is 1. The van der Waals surface area contributed by atoms with E-state index in [-0.39, 0.29) is 11.9 Å². The van der Waals surface area contributed by atoms with Crippen LogP contribution in [0.2, 0.25) is 0 Å². The van der Waals surface area contributed by atoms with Gasteiger partial charge in [-0.15, -0.1) is 0 Å². The summed E-state index contributed by atoms with van der Waals surface area (Å²) in [5.41, 5.74) is 8.09. The highest BCUT2D eigenvalue weighted by molar-refractivity contribution is 5.85. The molecular weight excluding hydrogens is 254 g/mol. The molecule has 1 aromatic carbocycles. The second-order valence-corrected chi connectivity index (χ2v) is 4.74. The van der Waals surface area contributed by atoms with Gasteiger partial charge in [-0.2, -0.15) is 0 Å². The lowest BCUT2D eigenvalue weighted by Crippen LogP contribution is -2.41. The Labute approximate surface area is 118 Å². The summed E-state index contributed by atoms with van der Waals surface area (Å²) >= 11 is 0. The lowest BCUT2D eigenvalue weighted by Gasteiger charge is -2.23. The molecule has 0 fully saturated rings. The molecule has 0 saturated carbocycles. The first kappa shape index (κ1) is 14.2.